The molecule has 196 valence electrons. The van der Waals surface area contributed by atoms with Crippen LogP contribution in [0.2, 0.25) is 0 Å². The number of phenols is 4. The number of benzene rings is 2. The Balaban J connectivity index is 1.66. The molecule has 1 saturated carbocycles. The minimum atomic E-state index is -2.24. The van der Waals surface area contributed by atoms with Gasteiger partial charge in [-0.05, 0) is 47.5 Å². The largest absolute Gasteiger partial charge is 0.504 e. The summed E-state index contributed by atoms with van der Waals surface area (Å²) >= 11 is 0. The Kier molecular flexibility index (Phi) is 8.21. The fourth-order valence-electron chi connectivity index (χ4n) is 4.06. The third-order valence-electron chi connectivity index (χ3n) is 6.06. The van der Waals surface area contributed by atoms with Gasteiger partial charge in [-0.25, -0.2) is 9.59 Å². The number of ether oxygens (including phenoxy) is 1. The Bertz CT molecular complexity index is 1240. The van der Waals surface area contributed by atoms with E-state index >= 15 is 0 Å². The van der Waals surface area contributed by atoms with Gasteiger partial charge in [-0.2, -0.15) is 0 Å². The highest BCUT2D eigenvalue weighted by Gasteiger charge is 2.53. The van der Waals surface area contributed by atoms with E-state index in [-0.39, 0.29) is 23.7 Å². The Morgan fingerprint density at radius 1 is 0.811 bits per heavy atom. The van der Waals surface area contributed by atoms with E-state index in [0.717, 1.165) is 12.2 Å². The van der Waals surface area contributed by atoms with Gasteiger partial charge in [0.15, 0.2) is 28.8 Å². The van der Waals surface area contributed by atoms with Crippen molar-refractivity contribution in [3.05, 3.63) is 59.7 Å². The molecule has 2 unspecified atom stereocenters. The lowest BCUT2D eigenvalue weighted by Gasteiger charge is -2.41. The van der Waals surface area contributed by atoms with Crippen LogP contribution in [0.5, 0.6) is 23.0 Å². The van der Waals surface area contributed by atoms with E-state index in [1.165, 1.54) is 48.6 Å². The molecule has 1 fully saturated rings. The number of phenolic OH excluding ortho intramolecular Hbond substituents is 4. The minimum Gasteiger partial charge on any atom is -0.504 e. The lowest BCUT2D eigenvalue weighted by atomic mass is 9.73. The number of ketones is 1. The van der Waals surface area contributed by atoms with Crippen molar-refractivity contribution in [3.63, 3.8) is 0 Å². The maximum Gasteiger partial charge on any atom is 0.348 e. The summed E-state index contributed by atoms with van der Waals surface area (Å²) in [5.74, 6) is -5.65. The molecule has 0 aliphatic heterocycles. The zero-order valence-electron chi connectivity index (χ0n) is 19.4. The maximum atomic E-state index is 12.4. The van der Waals surface area contributed by atoms with Crippen LogP contribution in [0.15, 0.2) is 48.6 Å². The SMILES string of the molecule is O=C(C=Cc1ccc(O)c(O)c1)CC1C(O)CC(OC(=O)C=Cc2ccc(O)c(O)c2)(C(=O)O)CC1O. The van der Waals surface area contributed by atoms with Crippen molar-refractivity contribution < 1.29 is 54.9 Å². The quantitative estimate of drug-likeness (QED) is 0.153. The number of allylic oxidation sites excluding steroid dienone is 1. The summed E-state index contributed by atoms with van der Waals surface area (Å²) < 4.78 is 5.14. The topological polar surface area (TPSA) is 202 Å². The van der Waals surface area contributed by atoms with Crippen LogP contribution in [-0.4, -0.2) is 71.3 Å². The second-order valence-electron chi connectivity index (χ2n) is 8.76. The standard InChI is InChI=1S/C26H26O11/c27-16(5-1-14-2-6-18(28)20(30)9-14)11-17-22(32)12-26(25(35)36,13-23(17)33)37-24(34)8-4-15-3-7-19(29)21(31)10-15/h1-10,17,22-23,28-33H,11-13H2,(H,35,36). The predicted octanol–water partition coefficient (Wildman–Crippen LogP) is 1.69. The van der Waals surface area contributed by atoms with Gasteiger partial charge in [0.1, 0.15) is 0 Å². The number of esters is 1. The maximum absolute atomic E-state index is 12.4. The predicted molar refractivity (Wildman–Crippen MR) is 128 cm³/mol. The zero-order valence-corrected chi connectivity index (χ0v) is 19.4. The molecule has 0 heterocycles. The Hall–Kier alpha value is -4.35. The summed E-state index contributed by atoms with van der Waals surface area (Å²) in [6.45, 7) is 0. The second-order valence-corrected chi connectivity index (χ2v) is 8.76. The molecule has 1 aliphatic rings. The van der Waals surface area contributed by atoms with Crippen LogP contribution in [0.4, 0.5) is 0 Å². The molecule has 0 amide bonds. The van der Waals surface area contributed by atoms with Gasteiger partial charge in [-0.15, -0.1) is 0 Å². The molecule has 11 heteroatoms. The third kappa shape index (κ3) is 6.66. The molecule has 2 atom stereocenters. The molecule has 0 radical (unpaired) electrons. The molecule has 11 nitrogen and oxygen atoms in total. The molecular formula is C26H26O11. The number of aromatic hydroxyl groups is 4. The van der Waals surface area contributed by atoms with E-state index < -0.39 is 60.0 Å². The number of hydrogen-bond donors (Lipinski definition) is 7. The van der Waals surface area contributed by atoms with Gasteiger partial charge in [0, 0.05) is 31.3 Å². The molecule has 3 rings (SSSR count). The zero-order chi connectivity index (χ0) is 27.3. The highest BCUT2D eigenvalue weighted by Crippen LogP contribution is 2.38. The molecule has 0 bridgehead atoms. The van der Waals surface area contributed by atoms with Gasteiger partial charge >= 0.3 is 11.9 Å². The van der Waals surface area contributed by atoms with E-state index in [9.17, 15) is 50.1 Å². The number of carboxylic acids is 1. The second kappa shape index (κ2) is 11.1. The third-order valence-corrected chi connectivity index (χ3v) is 6.06. The molecule has 37 heavy (non-hydrogen) atoms. The summed E-state index contributed by atoms with van der Waals surface area (Å²) in [5, 5.41) is 68.6. The van der Waals surface area contributed by atoms with Crippen LogP contribution in [0.3, 0.4) is 0 Å². The van der Waals surface area contributed by atoms with Gasteiger partial charge in [-0.3, -0.25) is 4.79 Å². The normalized spacial score (nSPS) is 23.8. The van der Waals surface area contributed by atoms with Crippen LogP contribution in [0, 0.1) is 5.92 Å². The Morgan fingerprint density at radius 2 is 1.30 bits per heavy atom. The fourth-order valence-corrected chi connectivity index (χ4v) is 4.06. The summed E-state index contributed by atoms with van der Waals surface area (Å²) in [4.78, 5) is 36.7. The smallest absolute Gasteiger partial charge is 0.348 e. The van der Waals surface area contributed by atoms with Crippen LogP contribution in [-0.2, 0) is 19.1 Å². The van der Waals surface area contributed by atoms with Gasteiger partial charge in [0.2, 0.25) is 5.60 Å². The first kappa shape index (κ1) is 27.2. The lowest BCUT2D eigenvalue weighted by molar-refractivity contribution is -0.195. The Labute approximate surface area is 210 Å². The van der Waals surface area contributed by atoms with E-state index in [1.807, 2.05) is 0 Å². The number of rotatable bonds is 8. The highest BCUT2D eigenvalue weighted by molar-refractivity contribution is 5.94. The number of carbonyl (C=O) groups is 3. The average molecular weight is 514 g/mol. The number of hydrogen-bond acceptors (Lipinski definition) is 10. The highest BCUT2D eigenvalue weighted by atomic mass is 16.6. The van der Waals surface area contributed by atoms with Crippen molar-refractivity contribution in [2.24, 2.45) is 5.92 Å². The van der Waals surface area contributed by atoms with Crippen LogP contribution < -0.4 is 0 Å². The molecule has 2 aromatic rings. The average Bonchev–Trinajstić information content (AvgIpc) is 2.83. The first-order valence-corrected chi connectivity index (χ1v) is 11.2. The van der Waals surface area contributed by atoms with Crippen LogP contribution in [0.1, 0.15) is 30.4 Å². The fraction of sp³-hybridized carbons (Fsp3) is 0.269. The summed E-state index contributed by atoms with van der Waals surface area (Å²) in [6.07, 6.45) is 0.227. The number of aliphatic hydroxyl groups is 2. The van der Waals surface area contributed by atoms with Crippen molar-refractivity contribution in [2.75, 3.05) is 0 Å². The van der Waals surface area contributed by atoms with E-state index in [2.05, 4.69) is 0 Å². The molecule has 0 saturated heterocycles. The van der Waals surface area contributed by atoms with E-state index in [1.54, 1.807) is 0 Å². The van der Waals surface area contributed by atoms with Crippen LogP contribution >= 0.6 is 0 Å². The van der Waals surface area contributed by atoms with Crippen molar-refractivity contribution in [3.8, 4) is 23.0 Å². The van der Waals surface area contributed by atoms with Gasteiger partial charge < -0.3 is 40.5 Å². The monoisotopic (exact) mass is 514 g/mol. The number of carboxylic acid groups (broad SMARTS) is 1. The molecule has 2 aromatic carbocycles. The molecule has 0 spiro atoms. The Morgan fingerprint density at radius 3 is 1.76 bits per heavy atom. The van der Waals surface area contributed by atoms with Crippen molar-refractivity contribution >= 4 is 29.9 Å². The van der Waals surface area contributed by atoms with Crippen molar-refractivity contribution in [1.82, 2.24) is 0 Å². The van der Waals surface area contributed by atoms with Crippen molar-refractivity contribution in [2.45, 2.75) is 37.1 Å². The molecule has 0 aromatic heterocycles. The van der Waals surface area contributed by atoms with Gasteiger partial charge in [-0.1, -0.05) is 18.2 Å². The lowest BCUT2D eigenvalue weighted by Crippen LogP contribution is -2.56. The van der Waals surface area contributed by atoms with Gasteiger partial charge in [0.05, 0.1) is 12.2 Å². The molecule has 7 N–H and O–H groups in total. The number of aliphatic hydroxyl groups excluding tert-OH is 2. The van der Waals surface area contributed by atoms with Crippen molar-refractivity contribution in [1.29, 1.82) is 0 Å². The first-order chi connectivity index (χ1) is 17.4. The number of aliphatic carboxylic acids is 1. The molecule has 1 aliphatic carbocycles. The van der Waals surface area contributed by atoms with E-state index in [4.69, 9.17) is 4.74 Å². The number of carbonyl (C=O) groups excluding carboxylic acids is 2. The van der Waals surface area contributed by atoms with Gasteiger partial charge in [0.25, 0.3) is 0 Å². The first-order valence-electron chi connectivity index (χ1n) is 11.2. The summed E-state index contributed by atoms with van der Waals surface area (Å²) in [7, 11) is 0. The van der Waals surface area contributed by atoms with E-state index in [0.29, 0.717) is 11.1 Å². The summed E-state index contributed by atoms with van der Waals surface area (Å²) in [6, 6.07) is 7.68. The van der Waals surface area contributed by atoms with Crippen LogP contribution in [0.25, 0.3) is 12.2 Å². The minimum absolute atomic E-state index is 0.314. The summed E-state index contributed by atoms with van der Waals surface area (Å²) in [5.41, 5.74) is -1.51. The molecular weight excluding hydrogens is 488 g/mol.